The standard InChI is InChI=1S/C13H17NO4/c1-10(18-11-7-5-4-6-8-11)13(16)14(2)9-12(15)17-3/h4-8,10H,9H2,1-3H3. The Morgan fingerprint density at radius 2 is 1.89 bits per heavy atom. The van der Waals surface area contributed by atoms with Crippen LogP contribution in [0.3, 0.4) is 0 Å². The summed E-state index contributed by atoms with van der Waals surface area (Å²) in [6.07, 6.45) is -0.651. The van der Waals surface area contributed by atoms with Gasteiger partial charge in [-0.05, 0) is 19.1 Å². The average Bonchev–Trinajstić information content (AvgIpc) is 2.38. The highest BCUT2D eigenvalue weighted by atomic mass is 16.5. The first-order valence-electron chi connectivity index (χ1n) is 5.58. The highest BCUT2D eigenvalue weighted by Gasteiger charge is 2.21. The number of amides is 1. The van der Waals surface area contributed by atoms with E-state index in [-0.39, 0.29) is 12.5 Å². The molecule has 0 aromatic heterocycles. The summed E-state index contributed by atoms with van der Waals surface area (Å²) in [6, 6.07) is 9.05. The van der Waals surface area contributed by atoms with Crippen LogP contribution in [0.25, 0.3) is 0 Å². The predicted molar refractivity (Wildman–Crippen MR) is 66.2 cm³/mol. The van der Waals surface area contributed by atoms with Crippen molar-refractivity contribution in [3.8, 4) is 5.75 Å². The van der Waals surface area contributed by atoms with Crippen LogP contribution in [0.1, 0.15) is 6.92 Å². The molecule has 1 rings (SSSR count). The molecule has 0 saturated heterocycles. The van der Waals surface area contributed by atoms with Crippen molar-refractivity contribution in [2.75, 3.05) is 20.7 Å². The Morgan fingerprint density at radius 3 is 2.44 bits per heavy atom. The van der Waals surface area contributed by atoms with E-state index in [0.717, 1.165) is 0 Å². The van der Waals surface area contributed by atoms with E-state index in [9.17, 15) is 9.59 Å². The van der Waals surface area contributed by atoms with Crippen LogP contribution in [0.2, 0.25) is 0 Å². The zero-order valence-electron chi connectivity index (χ0n) is 10.8. The molecule has 98 valence electrons. The van der Waals surface area contributed by atoms with Crippen LogP contribution < -0.4 is 4.74 Å². The highest BCUT2D eigenvalue weighted by Crippen LogP contribution is 2.11. The first-order chi connectivity index (χ1) is 8.54. The molecule has 1 atom stereocenters. The Morgan fingerprint density at radius 1 is 1.28 bits per heavy atom. The topological polar surface area (TPSA) is 55.8 Å². The number of hydrogen-bond acceptors (Lipinski definition) is 4. The van der Waals surface area contributed by atoms with E-state index in [1.807, 2.05) is 18.2 Å². The van der Waals surface area contributed by atoms with Crippen molar-refractivity contribution in [1.82, 2.24) is 4.90 Å². The van der Waals surface area contributed by atoms with Gasteiger partial charge in [0, 0.05) is 7.05 Å². The molecule has 1 aromatic rings. The largest absolute Gasteiger partial charge is 0.481 e. The van der Waals surface area contributed by atoms with Crippen LogP contribution in [-0.4, -0.2) is 43.6 Å². The Kier molecular flexibility index (Phi) is 5.17. The molecule has 1 aromatic carbocycles. The molecule has 0 heterocycles. The number of likely N-dealkylation sites (N-methyl/N-ethyl adjacent to an activating group) is 1. The van der Waals surface area contributed by atoms with Crippen LogP contribution in [0, 0.1) is 0 Å². The van der Waals surface area contributed by atoms with E-state index in [2.05, 4.69) is 4.74 Å². The number of ether oxygens (including phenoxy) is 2. The smallest absolute Gasteiger partial charge is 0.325 e. The van der Waals surface area contributed by atoms with Gasteiger partial charge < -0.3 is 14.4 Å². The molecule has 1 amide bonds. The van der Waals surface area contributed by atoms with Crippen molar-refractivity contribution in [1.29, 1.82) is 0 Å². The van der Waals surface area contributed by atoms with Crippen LogP contribution in [-0.2, 0) is 14.3 Å². The van der Waals surface area contributed by atoms with Crippen molar-refractivity contribution in [3.63, 3.8) is 0 Å². The van der Waals surface area contributed by atoms with Crippen molar-refractivity contribution in [3.05, 3.63) is 30.3 Å². The number of hydrogen-bond donors (Lipinski definition) is 0. The number of carbonyl (C=O) groups excluding carboxylic acids is 2. The van der Waals surface area contributed by atoms with Gasteiger partial charge in [0.1, 0.15) is 12.3 Å². The molecule has 0 aliphatic carbocycles. The van der Waals surface area contributed by atoms with Gasteiger partial charge in [-0.2, -0.15) is 0 Å². The third-order valence-electron chi connectivity index (χ3n) is 2.37. The third-order valence-corrected chi connectivity index (χ3v) is 2.37. The Balaban J connectivity index is 2.53. The summed E-state index contributed by atoms with van der Waals surface area (Å²) < 4.78 is 9.96. The van der Waals surface area contributed by atoms with E-state index in [4.69, 9.17) is 4.74 Å². The van der Waals surface area contributed by atoms with Crippen molar-refractivity contribution in [2.45, 2.75) is 13.0 Å². The maximum atomic E-state index is 11.9. The molecule has 5 nitrogen and oxygen atoms in total. The summed E-state index contributed by atoms with van der Waals surface area (Å²) >= 11 is 0. The number of rotatable bonds is 5. The monoisotopic (exact) mass is 251 g/mol. The Hall–Kier alpha value is -2.04. The van der Waals surface area contributed by atoms with Gasteiger partial charge in [-0.1, -0.05) is 18.2 Å². The second-order valence-corrected chi connectivity index (χ2v) is 3.84. The van der Waals surface area contributed by atoms with Gasteiger partial charge >= 0.3 is 5.97 Å². The van der Waals surface area contributed by atoms with E-state index in [1.165, 1.54) is 19.1 Å². The quantitative estimate of drug-likeness (QED) is 0.735. The fourth-order valence-electron chi connectivity index (χ4n) is 1.40. The van der Waals surface area contributed by atoms with Crippen molar-refractivity contribution >= 4 is 11.9 Å². The van der Waals surface area contributed by atoms with E-state index < -0.39 is 12.1 Å². The number of esters is 1. The van der Waals surface area contributed by atoms with Crippen LogP contribution in [0.5, 0.6) is 5.75 Å². The molecule has 0 aliphatic heterocycles. The maximum absolute atomic E-state index is 11.9. The van der Waals surface area contributed by atoms with Gasteiger partial charge in [0.2, 0.25) is 0 Å². The predicted octanol–water partition coefficient (Wildman–Crippen LogP) is 1.09. The van der Waals surface area contributed by atoms with E-state index in [0.29, 0.717) is 5.75 Å². The molecule has 1 unspecified atom stereocenters. The minimum Gasteiger partial charge on any atom is -0.481 e. The molecule has 0 radical (unpaired) electrons. The maximum Gasteiger partial charge on any atom is 0.325 e. The summed E-state index contributed by atoms with van der Waals surface area (Å²) in [5.41, 5.74) is 0. The van der Waals surface area contributed by atoms with Gasteiger partial charge in [0.25, 0.3) is 5.91 Å². The molecule has 18 heavy (non-hydrogen) atoms. The number of para-hydroxylation sites is 1. The summed E-state index contributed by atoms with van der Waals surface area (Å²) in [5.74, 6) is -0.119. The van der Waals surface area contributed by atoms with Crippen LogP contribution >= 0.6 is 0 Å². The molecule has 0 aliphatic rings. The van der Waals surface area contributed by atoms with Crippen molar-refractivity contribution < 1.29 is 19.1 Å². The number of benzene rings is 1. The second-order valence-electron chi connectivity index (χ2n) is 3.84. The zero-order chi connectivity index (χ0) is 13.5. The van der Waals surface area contributed by atoms with Crippen LogP contribution in [0.15, 0.2) is 30.3 Å². The minimum absolute atomic E-state index is 0.0855. The molecule has 0 fully saturated rings. The summed E-state index contributed by atoms with van der Waals surface area (Å²) in [6.45, 7) is 1.56. The zero-order valence-corrected chi connectivity index (χ0v) is 10.8. The lowest BCUT2D eigenvalue weighted by molar-refractivity contribution is -0.148. The molecule has 5 heteroatoms. The lowest BCUT2D eigenvalue weighted by Gasteiger charge is -2.21. The lowest BCUT2D eigenvalue weighted by Crippen LogP contribution is -2.40. The number of carbonyl (C=O) groups is 2. The molecular weight excluding hydrogens is 234 g/mol. The molecular formula is C13H17NO4. The van der Waals surface area contributed by atoms with Gasteiger partial charge in [-0.25, -0.2) is 0 Å². The van der Waals surface area contributed by atoms with E-state index >= 15 is 0 Å². The lowest BCUT2D eigenvalue weighted by atomic mass is 10.3. The fraction of sp³-hybridized carbons (Fsp3) is 0.385. The highest BCUT2D eigenvalue weighted by molar-refractivity contribution is 5.84. The van der Waals surface area contributed by atoms with E-state index in [1.54, 1.807) is 19.1 Å². The third kappa shape index (κ3) is 4.08. The van der Waals surface area contributed by atoms with Gasteiger partial charge in [0.05, 0.1) is 7.11 Å². The number of nitrogens with zero attached hydrogens (tertiary/aromatic N) is 1. The van der Waals surface area contributed by atoms with Gasteiger partial charge in [0.15, 0.2) is 6.10 Å². The van der Waals surface area contributed by atoms with Gasteiger partial charge in [-0.15, -0.1) is 0 Å². The first kappa shape index (κ1) is 14.0. The Bertz CT molecular complexity index is 405. The minimum atomic E-state index is -0.651. The molecule has 0 spiro atoms. The second kappa shape index (κ2) is 6.64. The normalized spacial score (nSPS) is 11.5. The molecule has 0 N–H and O–H groups in total. The number of methoxy groups -OCH3 is 1. The fourth-order valence-corrected chi connectivity index (χ4v) is 1.40. The SMILES string of the molecule is COC(=O)CN(C)C(=O)C(C)Oc1ccccc1. The van der Waals surface area contributed by atoms with Crippen molar-refractivity contribution in [2.24, 2.45) is 0 Å². The summed E-state index contributed by atoms with van der Waals surface area (Å²) in [5, 5.41) is 0. The Labute approximate surface area is 106 Å². The first-order valence-corrected chi connectivity index (χ1v) is 5.58. The van der Waals surface area contributed by atoms with Crippen LogP contribution in [0.4, 0.5) is 0 Å². The summed E-state index contributed by atoms with van der Waals surface area (Å²) in [4.78, 5) is 24.2. The average molecular weight is 251 g/mol. The molecule has 0 bridgehead atoms. The van der Waals surface area contributed by atoms with Gasteiger partial charge in [-0.3, -0.25) is 9.59 Å². The summed E-state index contributed by atoms with van der Waals surface area (Å²) in [7, 11) is 2.81. The molecule has 0 saturated carbocycles.